The van der Waals surface area contributed by atoms with Crippen molar-refractivity contribution in [2.24, 2.45) is 0 Å². The maximum atomic E-state index is 13.4. The number of carbonyl (C=O) groups excluding carboxylic acids is 1. The molecule has 0 unspecified atom stereocenters. The highest BCUT2D eigenvalue weighted by Crippen LogP contribution is 2.14. The predicted molar refractivity (Wildman–Crippen MR) is 74.8 cm³/mol. The van der Waals surface area contributed by atoms with Crippen LogP contribution >= 0.6 is 11.6 Å². The molecule has 0 atom stereocenters. The molecule has 0 saturated carbocycles. The van der Waals surface area contributed by atoms with Crippen molar-refractivity contribution >= 4 is 23.2 Å². The van der Waals surface area contributed by atoms with E-state index in [1.54, 1.807) is 42.5 Å². The fraction of sp³-hybridized carbons (Fsp3) is 0.133. The standard InChI is InChI=1S/C15H13ClFNO/c16-12-6-8-13(9-7-12)18-15(19)10-5-11-3-1-2-4-14(11)17/h1-4,6-9H,5,10H2,(H,18,19). The van der Waals surface area contributed by atoms with Crippen molar-refractivity contribution in [3.63, 3.8) is 0 Å². The zero-order chi connectivity index (χ0) is 13.7. The lowest BCUT2D eigenvalue weighted by molar-refractivity contribution is -0.116. The molecule has 1 N–H and O–H groups in total. The van der Waals surface area contributed by atoms with E-state index in [4.69, 9.17) is 11.6 Å². The highest BCUT2D eigenvalue weighted by molar-refractivity contribution is 6.30. The van der Waals surface area contributed by atoms with Gasteiger partial charge in [0, 0.05) is 17.1 Å². The molecule has 19 heavy (non-hydrogen) atoms. The van der Waals surface area contributed by atoms with Gasteiger partial charge in [0.25, 0.3) is 0 Å². The zero-order valence-corrected chi connectivity index (χ0v) is 11.0. The summed E-state index contributed by atoms with van der Waals surface area (Å²) < 4.78 is 13.4. The lowest BCUT2D eigenvalue weighted by atomic mass is 10.1. The van der Waals surface area contributed by atoms with Crippen LogP contribution in [0.25, 0.3) is 0 Å². The minimum atomic E-state index is -0.276. The van der Waals surface area contributed by atoms with E-state index in [1.807, 2.05) is 0 Å². The molecule has 2 nitrogen and oxygen atoms in total. The van der Waals surface area contributed by atoms with Gasteiger partial charge in [-0.05, 0) is 42.3 Å². The van der Waals surface area contributed by atoms with Gasteiger partial charge in [-0.3, -0.25) is 4.79 Å². The van der Waals surface area contributed by atoms with E-state index >= 15 is 0 Å². The average Bonchev–Trinajstić information content (AvgIpc) is 2.40. The van der Waals surface area contributed by atoms with Crippen LogP contribution in [-0.4, -0.2) is 5.91 Å². The molecule has 0 fully saturated rings. The Labute approximate surface area is 116 Å². The Morgan fingerprint density at radius 2 is 1.79 bits per heavy atom. The summed E-state index contributed by atoms with van der Waals surface area (Å²) in [6.07, 6.45) is 0.621. The Hall–Kier alpha value is -1.87. The van der Waals surface area contributed by atoms with Crippen molar-refractivity contribution in [2.45, 2.75) is 12.8 Å². The molecule has 2 rings (SSSR count). The second-order valence-electron chi connectivity index (χ2n) is 4.15. The molecule has 0 heterocycles. The van der Waals surface area contributed by atoms with E-state index in [1.165, 1.54) is 6.07 Å². The lowest BCUT2D eigenvalue weighted by Gasteiger charge is -2.06. The van der Waals surface area contributed by atoms with Crippen LogP contribution in [0.3, 0.4) is 0 Å². The third-order valence-corrected chi connectivity index (χ3v) is 2.96. The Morgan fingerprint density at radius 1 is 1.11 bits per heavy atom. The molecule has 0 aliphatic carbocycles. The largest absolute Gasteiger partial charge is 0.326 e. The summed E-state index contributed by atoms with van der Waals surface area (Å²) in [4.78, 5) is 11.7. The van der Waals surface area contributed by atoms with E-state index in [0.717, 1.165) is 0 Å². The van der Waals surface area contributed by atoms with Crippen LogP contribution in [0.2, 0.25) is 5.02 Å². The van der Waals surface area contributed by atoms with Gasteiger partial charge < -0.3 is 5.32 Å². The van der Waals surface area contributed by atoms with Crippen LogP contribution in [0.4, 0.5) is 10.1 Å². The number of amides is 1. The van der Waals surface area contributed by atoms with E-state index in [-0.39, 0.29) is 18.1 Å². The summed E-state index contributed by atoms with van der Waals surface area (Å²) in [6, 6.07) is 13.3. The summed E-state index contributed by atoms with van der Waals surface area (Å²) in [7, 11) is 0. The monoisotopic (exact) mass is 277 g/mol. The van der Waals surface area contributed by atoms with Gasteiger partial charge in [0.05, 0.1) is 0 Å². The second-order valence-corrected chi connectivity index (χ2v) is 4.58. The highest BCUT2D eigenvalue weighted by atomic mass is 35.5. The number of carbonyl (C=O) groups is 1. The number of benzene rings is 2. The number of aryl methyl sites for hydroxylation is 1. The van der Waals surface area contributed by atoms with Crippen LogP contribution in [0.15, 0.2) is 48.5 Å². The smallest absolute Gasteiger partial charge is 0.224 e. The first-order valence-corrected chi connectivity index (χ1v) is 6.32. The molecule has 0 aromatic heterocycles. The van der Waals surface area contributed by atoms with Crippen LogP contribution in [0.1, 0.15) is 12.0 Å². The molecule has 0 aliphatic rings. The Balaban J connectivity index is 1.88. The molecule has 2 aromatic carbocycles. The van der Waals surface area contributed by atoms with Crippen LogP contribution < -0.4 is 5.32 Å². The number of hydrogen-bond donors (Lipinski definition) is 1. The molecule has 0 saturated heterocycles. The van der Waals surface area contributed by atoms with E-state index in [0.29, 0.717) is 22.7 Å². The average molecular weight is 278 g/mol. The summed E-state index contributed by atoms with van der Waals surface area (Å²) in [5.41, 5.74) is 1.23. The van der Waals surface area contributed by atoms with Gasteiger partial charge in [-0.1, -0.05) is 29.8 Å². The first-order valence-electron chi connectivity index (χ1n) is 5.94. The van der Waals surface area contributed by atoms with E-state index < -0.39 is 0 Å². The number of rotatable bonds is 4. The fourth-order valence-electron chi connectivity index (χ4n) is 1.71. The minimum absolute atomic E-state index is 0.148. The Morgan fingerprint density at radius 3 is 2.47 bits per heavy atom. The lowest BCUT2D eigenvalue weighted by Crippen LogP contribution is -2.12. The van der Waals surface area contributed by atoms with Gasteiger partial charge in [0.2, 0.25) is 5.91 Å². The molecular formula is C15H13ClFNO. The van der Waals surface area contributed by atoms with Crippen molar-refractivity contribution in [1.29, 1.82) is 0 Å². The summed E-state index contributed by atoms with van der Waals surface area (Å²) >= 11 is 5.75. The minimum Gasteiger partial charge on any atom is -0.326 e. The van der Waals surface area contributed by atoms with Gasteiger partial charge in [0.1, 0.15) is 5.82 Å². The second kappa shape index (κ2) is 6.34. The van der Waals surface area contributed by atoms with Gasteiger partial charge in [0.15, 0.2) is 0 Å². The first-order chi connectivity index (χ1) is 9.15. The van der Waals surface area contributed by atoms with E-state index in [9.17, 15) is 9.18 Å². The highest BCUT2D eigenvalue weighted by Gasteiger charge is 2.06. The van der Waals surface area contributed by atoms with Gasteiger partial charge >= 0.3 is 0 Å². The van der Waals surface area contributed by atoms with Crippen molar-refractivity contribution in [1.82, 2.24) is 0 Å². The molecule has 1 amide bonds. The summed E-state index contributed by atoms with van der Waals surface area (Å²) in [5, 5.41) is 3.35. The molecule has 4 heteroatoms. The van der Waals surface area contributed by atoms with Crippen molar-refractivity contribution < 1.29 is 9.18 Å². The predicted octanol–water partition coefficient (Wildman–Crippen LogP) is 4.05. The number of anilines is 1. The third kappa shape index (κ3) is 4.07. The Bertz CT molecular complexity index is 569. The zero-order valence-electron chi connectivity index (χ0n) is 10.2. The maximum absolute atomic E-state index is 13.4. The van der Waals surface area contributed by atoms with Gasteiger partial charge in [-0.2, -0.15) is 0 Å². The molecule has 0 spiro atoms. The van der Waals surface area contributed by atoms with Crippen molar-refractivity contribution in [3.05, 3.63) is 64.9 Å². The third-order valence-electron chi connectivity index (χ3n) is 2.71. The number of halogens is 2. The molecule has 0 bridgehead atoms. The molecule has 0 aliphatic heterocycles. The maximum Gasteiger partial charge on any atom is 0.224 e. The van der Waals surface area contributed by atoms with Crippen molar-refractivity contribution in [2.75, 3.05) is 5.32 Å². The molecule has 98 valence electrons. The quantitative estimate of drug-likeness (QED) is 0.897. The van der Waals surface area contributed by atoms with Crippen molar-refractivity contribution in [3.8, 4) is 0 Å². The molecule has 0 radical (unpaired) electrons. The molecular weight excluding hydrogens is 265 g/mol. The topological polar surface area (TPSA) is 29.1 Å². The van der Waals surface area contributed by atoms with Crippen LogP contribution in [0, 0.1) is 5.82 Å². The van der Waals surface area contributed by atoms with Crippen LogP contribution in [0.5, 0.6) is 0 Å². The number of hydrogen-bond acceptors (Lipinski definition) is 1. The van der Waals surface area contributed by atoms with E-state index in [2.05, 4.69) is 5.32 Å². The summed E-state index contributed by atoms with van der Waals surface area (Å²) in [6.45, 7) is 0. The summed E-state index contributed by atoms with van der Waals surface area (Å²) in [5.74, 6) is -0.424. The van der Waals surface area contributed by atoms with Gasteiger partial charge in [-0.25, -0.2) is 4.39 Å². The normalized spacial score (nSPS) is 10.2. The van der Waals surface area contributed by atoms with Gasteiger partial charge in [-0.15, -0.1) is 0 Å². The SMILES string of the molecule is O=C(CCc1ccccc1F)Nc1ccc(Cl)cc1. The Kier molecular flexibility index (Phi) is 4.53. The fourth-order valence-corrected chi connectivity index (χ4v) is 1.83. The van der Waals surface area contributed by atoms with Crippen LogP contribution in [-0.2, 0) is 11.2 Å². The number of nitrogens with one attached hydrogen (secondary N) is 1. The first kappa shape index (κ1) is 13.6. The molecule has 2 aromatic rings.